The molecule has 0 radical (unpaired) electrons. The van der Waals surface area contributed by atoms with Crippen molar-refractivity contribution in [1.29, 1.82) is 0 Å². The van der Waals surface area contributed by atoms with Gasteiger partial charge in [-0.05, 0) is 6.42 Å². The van der Waals surface area contributed by atoms with Crippen molar-refractivity contribution in [3.05, 3.63) is 0 Å². The Morgan fingerprint density at radius 2 is 2.26 bits per heavy atom. The van der Waals surface area contributed by atoms with Gasteiger partial charge in [-0.1, -0.05) is 30.0 Å². The number of nitrogens with zero attached hydrogens (tertiary/aromatic N) is 3. The highest BCUT2D eigenvalue weighted by molar-refractivity contribution is 8.01. The zero-order chi connectivity index (χ0) is 14.0. The quantitative estimate of drug-likeness (QED) is 0.622. The first-order valence-corrected chi connectivity index (χ1v) is 9.11. The number of sulfonamides is 1. The van der Waals surface area contributed by atoms with Gasteiger partial charge in [0.15, 0.2) is 4.34 Å². The van der Waals surface area contributed by atoms with E-state index in [-0.39, 0.29) is 18.9 Å². The highest BCUT2D eigenvalue weighted by Gasteiger charge is 2.38. The Kier molecular flexibility index (Phi) is 4.43. The number of nitrogens with two attached hydrogens (primary N) is 1. The molecule has 0 aliphatic carbocycles. The van der Waals surface area contributed by atoms with Crippen LogP contribution < -0.4 is 10.0 Å². The summed E-state index contributed by atoms with van der Waals surface area (Å²) in [6.07, 6.45) is 0.936. The highest BCUT2D eigenvalue weighted by atomic mass is 32.2. The van der Waals surface area contributed by atoms with Crippen LogP contribution in [0.1, 0.15) is 19.8 Å². The van der Waals surface area contributed by atoms with E-state index in [4.69, 9.17) is 5.14 Å². The Morgan fingerprint density at radius 3 is 2.84 bits per heavy atom. The fourth-order valence-corrected chi connectivity index (χ4v) is 4.16. The molecule has 0 bridgehead atoms. The van der Waals surface area contributed by atoms with E-state index in [1.165, 1.54) is 16.2 Å². The average Bonchev–Trinajstić information content (AvgIpc) is 2.91. The van der Waals surface area contributed by atoms with Gasteiger partial charge in [0.05, 0.1) is 0 Å². The van der Waals surface area contributed by atoms with Gasteiger partial charge in [-0.2, -0.15) is 0 Å². The van der Waals surface area contributed by atoms with Crippen LogP contribution in [0.4, 0.5) is 5.13 Å². The molecule has 1 atom stereocenters. The van der Waals surface area contributed by atoms with E-state index in [2.05, 4.69) is 17.1 Å². The molecule has 106 valence electrons. The Bertz CT molecular complexity index is 571. The van der Waals surface area contributed by atoms with Crippen molar-refractivity contribution in [1.82, 2.24) is 10.2 Å². The largest absolute Gasteiger partial charge is 0.285 e. The summed E-state index contributed by atoms with van der Waals surface area (Å²) in [6.45, 7) is 2.13. The van der Waals surface area contributed by atoms with Gasteiger partial charge in [0.2, 0.25) is 21.1 Å². The molecular weight excluding hydrogens is 308 g/mol. The second-order valence-electron chi connectivity index (χ2n) is 4.12. The number of hydrogen-bond acceptors (Lipinski definition) is 7. The topological polar surface area (TPSA) is 106 Å². The first-order chi connectivity index (χ1) is 8.91. The van der Waals surface area contributed by atoms with Crippen molar-refractivity contribution in [3.63, 3.8) is 0 Å². The maximum atomic E-state index is 11.8. The number of thioether (sulfide) groups is 1. The minimum absolute atomic E-state index is 0.0603. The van der Waals surface area contributed by atoms with Gasteiger partial charge in [-0.15, -0.1) is 10.2 Å². The maximum Gasteiger partial charge on any atom is 0.230 e. The summed E-state index contributed by atoms with van der Waals surface area (Å²) in [5.41, 5.74) is 0. The lowest BCUT2D eigenvalue weighted by atomic mass is 10.4. The van der Waals surface area contributed by atoms with Crippen LogP contribution in [0.5, 0.6) is 0 Å². The first kappa shape index (κ1) is 14.7. The smallest absolute Gasteiger partial charge is 0.230 e. The van der Waals surface area contributed by atoms with Crippen LogP contribution in [0.2, 0.25) is 0 Å². The fourth-order valence-electron chi connectivity index (χ4n) is 1.64. The minimum Gasteiger partial charge on any atom is -0.285 e. The molecule has 7 nitrogen and oxygen atoms in total. The molecule has 2 N–H and O–H groups in total. The highest BCUT2D eigenvalue weighted by Crippen LogP contribution is 2.31. The lowest BCUT2D eigenvalue weighted by molar-refractivity contribution is -0.117. The van der Waals surface area contributed by atoms with Gasteiger partial charge in [-0.25, -0.2) is 13.6 Å². The normalized spacial score (nSPS) is 20.2. The molecular formula is C9H14N4O3S3. The van der Waals surface area contributed by atoms with Crippen LogP contribution in [0.15, 0.2) is 4.34 Å². The van der Waals surface area contributed by atoms with Gasteiger partial charge in [0.25, 0.3) is 0 Å². The summed E-state index contributed by atoms with van der Waals surface area (Å²) in [5, 5.41) is 12.6. The lowest BCUT2D eigenvalue weighted by Gasteiger charge is -2.10. The maximum absolute atomic E-state index is 11.8. The SMILES string of the molecule is CCCSc1nnc(N2CC(S(N)(=O)=O)CC2=O)s1. The molecule has 0 aromatic carbocycles. The van der Waals surface area contributed by atoms with E-state index in [0.717, 1.165) is 16.5 Å². The van der Waals surface area contributed by atoms with E-state index in [0.29, 0.717) is 5.13 Å². The molecule has 1 aromatic heterocycles. The Labute approximate surface area is 119 Å². The van der Waals surface area contributed by atoms with Crippen molar-refractivity contribution in [2.75, 3.05) is 17.2 Å². The summed E-state index contributed by atoms with van der Waals surface area (Å²) in [7, 11) is -3.70. The van der Waals surface area contributed by atoms with E-state index in [1.807, 2.05) is 0 Å². The fraction of sp³-hybridized carbons (Fsp3) is 0.667. The van der Waals surface area contributed by atoms with Crippen LogP contribution in [0.25, 0.3) is 0 Å². The van der Waals surface area contributed by atoms with Crippen molar-refractivity contribution in [2.24, 2.45) is 5.14 Å². The van der Waals surface area contributed by atoms with Gasteiger partial charge < -0.3 is 0 Å². The third-order valence-electron chi connectivity index (χ3n) is 2.61. The van der Waals surface area contributed by atoms with Crippen LogP contribution in [-0.4, -0.2) is 42.1 Å². The van der Waals surface area contributed by atoms with Gasteiger partial charge in [0, 0.05) is 18.7 Å². The zero-order valence-corrected chi connectivity index (χ0v) is 12.7. The zero-order valence-electron chi connectivity index (χ0n) is 10.3. The summed E-state index contributed by atoms with van der Waals surface area (Å²) >= 11 is 2.87. The Morgan fingerprint density at radius 1 is 1.53 bits per heavy atom. The molecule has 1 aliphatic rings. The summed E-state index contributed by atoms with van der Waals surface area (Å²) in [6, 6.07) is 0. The molecule has 1 aliphatic heterocycles. The number of carbonyl (C=O) groups is 1. The van der Waals surface area contributed by atoms with E-state index in [1.54, 1.807) is 11.8 Å². The minimum atomic E-state index is -3.70. The van der Waals surface area contributed by atoms with Crippen molar-refractivity contribution < 1.29 is 13.2 Å². The third-order valence-corrected chi connectivity index (χ3v) is 6.14. The third kappa shape index (κ3) is 3.44. The van der Waals surface area contributed by atoms with Crippen LogP contribution in [-0.2, 0) is 14.8 Å². The second-order valence-corrected chi connectivity index (χ2v) is 8.26. The lowest BCUT2D eigenvalue weighted by Crippen LogP contribution is -2.32. The van der Waals surface area contributed by atoms with E-state index in [9.17, 15) is 13.2 Å². The molecule has 2 rings (SSSR count). The molecule has 2 heterocycles. The summed E-state index contributed by atoms with van der Waals surface area (Å²) in [4.78, 5) is 13.1. The number of amides is 1. The molecule has 0 spiro atoms. The van der Waals surface area contributed by atoms with Crippen LogP contribution >= 0.6 is 23.1 Å². The average molecular weight is 322 g/mol. The second kappa shape index (κ2) is 5.73. The number of anilines is 1. The number of carbonyl (C=O) groups excluding carboxylic acids is 1. The van der Waals surface area contributed by atoms with Gasteiger partial charge in [0.1, 0.15) is 5.25 Å². The predicted molar refractivity (Wildman–Crippen MR) is 74.8 cm³/mol. The molecule has 1 aromatic rings. The number of rotatable bonds is 5. The van der Waals surface area contributed by atoms with E-state index >= 15 is 0 Å². The molecule has 1 amide bonds. The molecule has 1 fully saturated rings. The van der Waals surface area contributed by atoms with E-state index < -0.39 is 15.3 Å². The standard InChI is InChI=1S/C9H14N4O3S3/c1-2-3-17-9-12-11-8(18-9)13-5-6(4-7(13)14)19(10,15)16/h6H,2-5H2,1H3,(H2,10,15,16). The van der Waals surface area contributed by atoms with Crippen LogP contribution in [0, 0.1) is 0 Å². The first-order valence-electron chi connectivity index (χ1n) is 5.70. The number of aromatic nitrogens is 2. The number of primary sulfonamides is 1. The van der Waals surface area contributed by atoms with Gasteiger partial charge in [-0.3, -0.25) is 9.69 Å². The summed E-state index contributed by atoms with van der Waals surface area (Å²) in [5.74, 6) is 0.657. The molecule has 19 heavy (non-hydrogen) atoms. The molecule has 1 saturated heterocycles. The van der Waals surface area contributed by atoms with Crippen LogP contribution in [0.3, 0.4) is 0 Å². The molecule has 10 heteroatoms. The molecule has 1 unspecified atom stereocenters. The Balaban J connectivity index is 2.10. The van der Waals surface area contributed by atoms with Crippen molar-refractivity contribution >= 4 is 44.2 Å². The predicted octanol–water partition coefficient (Wildman–Crippen LogP) is 0.434. The monoisotopic (exact) mass is 322 g/mol. The summed E-state index contributed by atoms with van der Waals surface area (Å²) < 4.78 is 23.3. The van der Waals surface area contributed by atoms with Crippen molar-refractivity contribution in [3.8, 4) is 0 Å². The Hall–Kier alpha value is -0.710. The molecule has 0 saturated carbocycles. The van der Waals surface area contributed by atoms with Crippen molar-refractivity contribution in [2.45, 2.75) is 29.4 Å². The number of hydrogen-bond donors (Lipinski definition) is 1. The van der Waals surface area contributed by atoms with Gasteiger partial charge >= 0.3 is 0 Å².